The Hall–Kier alpha value is -0.615. The summed E-state index contributed by atoms with van der Waals surface area (Å²) in [5.41, 5.74) is 0.431. The Bertz CT molecular complexity index is 406. The second-order valence-electron chi connectivity index (χ2n) is 2.46. The molecule has 0 radical (unpaired) electrons. The van der Waals surface area contributed by atoms with Crippen molar-refractivity contribution in [3.05, 3.63) is 23.7 Å². The van der Waals surface area contributed by atoms with Gasteiger partial charge in [-0.2, -0.15) is 0 Å². The van der Waals surface area contributed by atoms with Gasteiger partial charge in [0.15, 0.2) is 0 Å². The van der Waals surface area contributed by atoms with E-state index in [0.29, 0.717) is 5.46 Å². The van der Waals surface area contributed by atoms with Crippen molar-refractivity contribution in [3.8, 4) is 0 Å². The summed E-state index contributed by atoms with van der Waals surface area (Å²) < 4.78 is 0. The fourth-order valence-corrected chi connectivity index (χ4v) is 1.74. The van der Waals surface area contributed by atoms with Crippen LogP contribution < -0.4 is 5.46 Å². The van der Waals surface area contributed by atoms with Crippen LogP contribution in [0, 0.1) is 0 Å². The zero-order chi connectivity index (χ0) is 8.55. The number of thiophene rings is 1. The zero-order valence-electron chi connectivity index (χ0n) is 6.54. The second-order valence-corrected chi connectivity index (χ2v) is 3.35. The maximum atomic E-state index is 8.84. The highest BCUT2D eigenvalue weighted by atomic mass is 35.5. The van der Waals surface area contributed by atoms with Crippen molar-refractivity contribution in [1.82, 2.24) is 4.98 Å². The molecule has 0 fully saturated rings. The first kappa shape index (κ1) is 10.5. The maximum absolute atomic E-state index is 8.84. The fraction of sp³-hybridized carbons (Fsp3) is 0. The van der Waals surface area contributed by atoms with Gasteiger partial charge in [0.05, 0.1) is 0 Å². The number of hydrogen-bond acceptors (Lipinski definition) is 4. The number of nitrogens with zero attached hydrogens (tertiary/aromatic N) is 1. The topological polar surface area (TPSA) is 53.4 Å². The van der Waals surface area contributed by atoms with Gasteiger partial charge in [-0.15, -0.1) is 23.7 Å². The Labute approximate surface area is 85.6 Å². The van der Waals surface area contributed by atoms with Crippen molar-refractivity contribution in [1.29, 1.82) is 0 Å². The molecule has 0 saturated heterocycles. The SMILES string of the molecule is Cl.OB(O)c1cnc2sccc2c1. The van der Waals surface area contributed by atoms with Gasteiger partial charge in [-0.05, 0) is 11.4 Å². The van der Waals surface area contributed by atoms with Crippen molar-refractivity contribution in [2.75, 3.05) is 0 Å². The molecule has 0 atom stereocenters. The summed E-state index contributed by atoms with van der Waals surface area (Å²) in [5.74, 6) is 0. The number of halogens is 1. The average molecular weight is 215 g/mol. The number of pyridine rings is 1. The molecule has 2 aromatic rings. The summed E-state index contributed by atoms with van der Waals surface area (Å²) in [4.78, 5) is 4.98. The average Bonchev–Trinajstić information content (AvgIpc) is 2.49. The van der Waals surface area contributed by atoms with Crippen LogP contribution in [-0.2, 0) is 0 Å². The van der Waals surface area contributed by atoms with Crippen LogP contribution in [0.2, 0.25) is 0 Å². The van der Waals surface area contributed by atoms with Crippen LogP contribution in [0.3, 0.4) is 0 Å². The molecule has 2 aromatic heterocycles. The van der Waals surface area contributed by atoms with Gasteiger partial charge in [0, 0.05) is 17.0 Å². The van der Waals surface area contributed by atoms with Gasteiger partial charge < -0.3 is 10.0 Å². The molecule has 2 N–H and O–H groups in total. The molecule has 0 aromatic carbocycles. The molecule has 0 amide bonds. The molecule has 6 heteroatoms. The summed E-state index contributed by atoms with van der Waals surface area (Å²) >= 11 is 1.53. The third-order valence-corrected chi connectivity index (χ3v) is 2.46. The first-order valence-electron chi connectivity index (χ1n) is 3.46. The normalized spacial score (nSPS) is 9.69. The lowest BCUT2D eigenvalue weighted by molar-refractivity contribution is 0.425. The van der Waals surface area contributed by atoms with Crippen molar-refractivity contribution in [2.24, 2.45) is 0 Å². The van der Waals surface area contributed by atoms with E-state index in [1.807, 2.05) is 11.4 Å². The van der Waals surface area contributed by atoms with Crippen molar-refractivity contribution < 1.29 is 10.0 Å². The lowest BCUT2D eigenvalue weighted by Gasteiger charge is -1.96. The van der Waals surface area contributed by atoms with Crippen LogP contribution in [0.4, 0.5) is 0 Å². The number of rotatable bonds is 1. The van der Waals surface area contributed by atoms with E-state index in [0.717, 1.165) is 10.2 Å². The molecule has 0 unspecified atom stereocenters. The van der Waals surface area contributed by atoms with Gasteiger partial charge in [-0.3, -0.25) is 0 Å². The molecule has 0 saturated carbocycles. The van der Waals surface area contributed by atoms with Gasteiger partial charge in [0.1, 0.15) is 4.83 Å². The van der Waals surface area contributed by atoms with E-state index in [1.165, 1.54) is 17.5 Å². The summed E-state index contributed by atoms with van der Waals surface area (Å²) in [7, 11) is -1.43. The molecular formula is C7H7BClNO2S. The third-order valence-electron chi connectivity index (χ3n) is 1.63. The first-order chi connectivity index (χ1) is 5.77. The van der Waals surface area contributed by atoms with E-state index < -0.39 is 7.12 Å². The minimum absolute atomic E-state index is 0. The van der Waals surface area contributed by atoms with Crippen LogP contribution in [0.5, 0.6) is 0 Å². The zero-order valence-corrected chi connectivity index (χ0v) is 8.18. The molecular weight excluding hydrogens is 208 g/mol. The number of fused-ring (bicyclic) bond motifs is 1. The minimum atomic E-state index is -1.43. The van der Waals surface area contributed by atoms with Crippen LogP contribution in [0.1, 0.15) is 0 Å². The van der Waals surface area contributed by atoms with E-state index in [9.17, 15) is 0 Å². The Morgan fingerprint density at radius 2 is 2.15 bits per heavy atom. The smallest absolute Gasteiger partial charge is 0.423 e. The maximum Gasteiger partial charge on any atom is 0.490 e. The van der Waals surface area contributed by atoms with Gasteiger partial charge in [-0.1, -0.05) is 6.07 Å². The summed E-state index contributed by atoms with van der Waals surface area (Å²) in [5, 5.41) is 20.6. The number of hydrogen-bond donors (Lipinski definition) is 2. The second kappa shape index (κ2) is 4.06. The Morgan fingerprint density at radius 3 is 2.85 bits per heavy atom. The summed E-state index contributed by atoms with van der Waals surface area (Å²) in [6.45, 7) is 0. The molecule has 2 heterocycles. The molecule has 2 rings (SSSR count). The molecule has 0 bridgehead atoms. The van der Waals surface area contributed by atoms with E-state index >= 15 is 0 Å². The summed E-state index contributed by atoms with van der Waals surface area (Å²) in [6, 6.07) is 3.63. The Morgan fingerprint density at radius 1 is 1.38 bits per heavy atom. The van der Waals surface area contributed by atoms with Crippen LogP contribution in [0.15, 0.2) is 23.7 Å². The molecule has 3 nitrogen and oxygen atoms in total. The van der Waals surface area contributed by atoms with Crippen molar-refractivity contribution >= 4 is 46.5 Å². The predicted molar refractivity (Wildman–Crippen MR) is 56.7 cm³/mol. The minimum Gasteiger partial charge on any atom is -0.423 e. The van der Waals surface area contributed by atoms with Gasteiger partial charge in [-0.25, -0.2) is 4.98 Å². The highest BCUT2D eigenvalue weighted by Crippen LogP contribution is 2.15. The largest absolute Gasteiger partial charge is 0.490 e. The van der Waals surface area contributed by atoms with Crippen LogP contribution in [-0.4, -0.2) is 22.2 Å². The predicted octanol–water partition coefficient (Wildman–Crippen LogP) is 0.398. The Kier molecular flexibility index (Phi) is 3.27. The molecule has 68 valence electrons. The monoisotopic (exact) mass is 215 g/mol. The van der Waals surface area contributed by atoms with E-state index in [1.54, 1.807) is 6.07 Å². The summed E-state index contributed by atoms with van der Waals surface area (Å²) in [6.07, 6.45) is 1.48. The molecule has 0 aliphatic rings. The van der Waals surface area contributed by atoms with Crippen molar-refractivity contribution in [3.63, 3.8) is 0 Å². The number of aromatic nitrogens is 1. The van der Waals surface area contributed by atoms with E-state index in [4.69, 9.17) is 10.0 Å². The van der Waals surface area contributed by atoms with E-state index in [-0.39, 0.29) is 12.4 Å². The lowest BCUT2D eigenvalue weighted by atomic mass is 9.81. The molecule has 0 aliphatic carbocycles. The lowest BCUT2D eigenvalue weighted by Crippen LogP contribution is -2.29. The molecule has 13 heavy (non-hydrogen) atoms. The van der Waals surface area contributed by atoms with Crippen LogP contribution in [0.25, 0.3) is 10.2 Å². The quantitative estimate of drug-likeness (QED) is 0.677. The highest BCUT2D eigenvalue weighted by molar-refractivity contribution is 7.16. The van der Waals surface area contributed by atoms with E-state index in [2.05, 4.69) is 4.98 Å². The van der Waals surface area contributed by atoms with Gasteiger partial charge >= 0.3 is 7.12 Å². The standard InChI is InChI=1S/C7H6BNO2S.ClH/c10-8(11)6-3-5-1-2-12-7(5)9-4-6;/h1-4,10-11H;1H. The highest BCUT2D eigenvalue weighted by Gasteiger charge is 2.11. The Balaban J connectivity index is 0.000000845. The molecule has 0 spiro atoms. The first-order valence-corrected chi connectivity index (χ1v) is 4.34. The fourth-order valence-electron chi connectivity index (χ4n) is 1.02. The third kappa shape index (κ3) is 2.00. The van der Waals surface area contributed by atoms with Crippen LogP contribution >= 0.6 is 23.7 Å². The van der Waals surface area contributed by atoms with Gasteiger partial charge in [0.25, 0.3) is 0 Å². The molecule has 0 aliphatic heterocycles. The van der Waals surface area contributed by atoms with Gasteiger partial charge in [0.2, 0.25) is 0 Å². The van der Waals surface area contributed by atoms with Crippen molar-refractivity contribution in [2.45, 2.75) is 0 Å².